The zero-order valence-electron chi connectivity index (χ0n) is 9.92. The van der Waals surface area contributed by atoms with E-state index in [1.807, 2.05) is 0 Å². The summed E-state index contributed by atoms with van der Waals surface area (Å²) < 4.78 is 9.28. The van der Waals surface area contributed by atoms with Gasteiger partial charge in [-0.3, -0.25) is 4.79 Å². The molecule has 1 atom stereocenters. The first-order valence-corrected chi connectivity index (χ1v) is 4.16. The zero-order valence-corrected chi connectivity index (χ0v) is 14.1. The van der Waals surface area contributed by atoms with Crippen LogP contribution < -0.4 is 5.32 Å². The first kappa shape index (κ1) is 16.8. The zero-order chi connectivity index (χ0) is 11.4. The molecule has 6 heteroatoms. The molecule has 84 valence electrons. The van der Waals surface area contributed by atoms with E-state index >= 15 is 0 Å². The van der Waals surface area contributed by atoms with Crippen molar-refractivity contribution in [2.45, 2.75) is 32.4 Å². The number of alkyl carbamates (subject to hydrolysis) is 1. The fourth-order valence-corrected chi connectivity index (χ4v) is 0.651. The molecular formula is C9H17NO4Zn. The minimum absolute atomic E-state index is 0. The number of nitrogens with one attached hydrogen (secondary N) is 1. The van der Waals surface area contributed by atoms with Crippen molar-refractivity contribution >= 4 is 12.1 Å². The van der Waals surface area contributed by atoms with Gasteiger partial charge in [0, 0.05) is 6.04 Å². The van der Waals surface area contributed by atoms with Crippen LogP contribution in [0.2, 0.25) is 0 Å². The number of hydrogen-bond donors (Lipinski definition) is 1. The van der Waals surface area contributed by atoms with Crippen LogP contribution in [0.5, 0.6) is 0 Å². The first-order chi connectivity index (χ1) is 6.26. The number of esters is 1. The Balaban J connectivity index is 0. The molecule has 0 aromatic rings. The summed E-state index contributed by atoms with van der Waals surface area (Å²) in [4.78, 5) is 22.0. The Labute approximate surface area is 103 Å². The number of carbonyl (C=O) groups is 2. The Morgan fingerprint density at radius 1 is 1.33 bits per heavy atom. The predicted octanol–water partition coefficient (Wildman–Crippen LogP) is 0.617. The second-order valence-corrected chi connectivity index (χ2v) is 3.72. The van der Waals surface area contributed by atoms with Crippen LogP contribution >= 0.6 is 0 Å². The molecule has 0 aliphatic carbocycles. The van der Waals surface area contributed by atoms with Crippen molar-refractivity contribution in [3.8, 4) is 0 Å². The van der Waals surface area contributed by atoms with Gasteiger partial charge < -0.3 is 21.7 Å². The molecule has 15 heavy (non-hydrogen) atoms. The number of amides is 1. The fraction of sp³-hybridized carbons (Fsp3) is 0.667. The van der Waals surface area contributed by atoms with Crippen molar-refractivity contribution in [3.63, 3.8) is 0 Å². The molecule has 5 nitrogen and oxygen atoms in total. The van der Waals surface area contributed by atoms with Gasteiger partial charge in [-0.1, -0.05) is 0 Å². The Kier molecular flexibility index (Phi) is 7.58. The van der Waals surface area contributed by atoms with Crippen LogP contribution in [0.4, 0.5) is 4.79 Å². The van der Waals surface area contributed by atoms with E-state index < -0.39 is 23.7 Å². The number of carbonyl (C=O) groups excluding carboxylic acids is 2. The first-order valence-electron chi connectivity index (χ1n) is 4.16. The molecule has 0 bridgehead atoms. The third-order valence-corrected chi connectivity index (χ3v) is 1.18. The summed E-state index contributed by atoms with van der Waals surface area (Å²) in [7, 11) is 1.22. The van der Waals surface area contributed by atoms with E-state index in [1.54, 1.807) is 20.8 Å². The van der Waals surface area contributed by atoms with Crippen molar-refractivity contribution in [3.05, 3.63) is 6.92 Å². The monoisotopic (exact) mass is 267 g/mol. The average molecular weight is 269 g/mol. The summed E-state index contributed by atoms with van der Waals surface area (Å²) >= 11 is 0. The van der Waals surface area contributed by atoms with Gasteiger partial charge in [-0.05, 0) is 20.8 Å². The van der Waals surface area contributed by atoms with E-state index in [1.165, 1.54) is 7.11 Å². The molecule has 0 fully saturated rings. The number of methoxy groups -OCH3 is 1. The molecule has 0 rings (SSSR count). The van der Waals surface area contributed by atoms with Crippen molar-refractivity contribution in [2.24, 2.45) is 0 Å². The molecule has 0 spiro atoms. The molecule has 1 N–H and O–H groups in total. The molecule has 0 heterocycles. The third-order valence-electron chi connectivity index (χ3n) is 1.18. The molecule has 0 aliphatic rings. The van der Waals surface area contributed by atoms with Crippen LogP contribution in [0.1, 0.15) is 20.8 Å². The molecule has 0 aromatic carbocycles. The van der Waals surface area contributed by atoms with E-state index in [9.17, 15) is 9.59 Å². The quantitative estimate of drug-likeness (QED) is 0.453. The van der Waals surface area contributed by atoms with Crippen LogP contribution in [0, 0.1) is 6.92 Å². The van der Waals surface area contributed by atoms with Crippen molar-refractivity contribution < 1.29 is 38.5 Å². The van der Waals surface area contributed by atoms with Gasteiger partial charge in [0.1, 0.15) is 5.60 Å². The normalized spacial score (nSPS) is 12.1. The molecule has 0 aliphatic heterocycles. The number of rotatable bonds is 2. The van der Waals surface area contributed by atoms with Crippen LogP contribution in [0.3, 0.4) is 0 Å². The van der Waals surface area contributed by atoms with Crippen molar-refractivity contribution in [2.75, 3.05) is 7.11 Å². The Morgan fingerprint density at radius 2 is 1.80 bits per heavy atom. The fourth-order valence-electron chi connectivity index (χ4n) is 0.651. The summed E-state index contributed by atoms with van der Waals surface area (Å²) in [5.74, 6) is -0.615. The molecule has 1 amide bonds. The van der Waals surface area contributed by atoms with Gasteiger partial charge >= 0.3 is 25.6 Å². The van der Waals surface area contributed by atoms with Crippen molar-refractivity contribution in [1.82, 2.24) is 5.32 Å². The van der Waals surface area contributed by atoms with Crippen molar-refractivity contribution in [1.29, 1.82) is 0 Å². The van der Waals surface area contributed by atoms with E-state index in [0.29, 0.717) is 0 Å². The second kappa shape index (κ2) is 6.78. The number of ether oxygens (including phenoxy) is 2. The van der Waals surface area contributed by atoms with E-state index in [4.69, 9.17) is 4.74 Å². The summed E-state index contributed by atoms with van der Waals surface area (Å²) in [6, 6.07) is -0.949. The van der Waals surface area contributed by atoms with E-state index in [-0.39, 0.29) is 19.5 Å². The van der Waals surface area contributed by atoms with Gasteiger partial charge in [-0.25, -0.2) is 4.79 Å². The van der Waals surface area contributed by atoms with Crippen LogP contribution in [0.25, 0.3) is 0 Å². The Hall–Kier alpha value is -0.637. The topological polar surface area (TPSA) is 64.6 Å². The maximum atomic E-state index is 11.1. The SMILES string of the molecule is [CH2-]C(NC(=O)OC(C)(C)C)C(=O)OC.[ZnH+]. The van der Waals surface area contributed by atoms with Gasteiger partial charge in [0.15, 0.2) is 0 Å². The van der Waals surface area contributed by atoms with Gasteiger partial charge in [0.05, 0.1) is 7.11 Å². The van der Waals surface area contributed by atoms with E-state index in [0.717, 1.165) is 0 Å². The molecule has 1 unspecified atom stereocenters. The van der Waals surface area contributed by atoms with Gasteiger partial charge in [0.2, 0.25) is 0 Å². The molecule has 1 radical (unpaired) electrons. The van der Waals surface area contributed by atoms with Gasteiger partial charge in [-0.15, -0.1) is 0 Å². The molecule has 0 saturated carbocycles. The summed E-state index contributed by atoms with van der Waals surface area (Å²) in [6.07, 6.45) is -0.692. The second-order valence-electron chi connectivity index (χ2n) is 3.72. The standard InChI is InChI=1S/C9H16NO4.Zn.H/c1-6(7(11)13-5)10-8(12)14-9(2,3)4;;/h6H,1H2,2-5H3,(H,10,12);;/q-1;+1;. The van der Waals surface area contributed by atoms with Gasteiger partial charge in [-0.2, -0.15) is 0 Å². The molecule has 0 saturated heterocycles. The summed E-state index contributed by atoms with van der Waals surface area (Å²) in [6.45, 7) is 8.57. The minimum atomic E-state index is -0.949. The maximum absolute atomic E-state index is 11.1. The summed E-state index contributed by atoms with van der Waals surface area (Å²) in [5.41, 5.74) is -0.597. The predicted molar refractivity (Wildman–Crippen MR) is 51.9 cm³/mol. The Morgan fingerprint density at radius 3 is 2.13 bits per heavy atom. The third kappa shape index (κ3) is 8.36. The van der Waals surface area contributed by atoms with E-state index in [2.05, 4.69) is 17.0 Å². The van der Waals surface area contributed by atoms with Crippen LogP contribution in [-0.2, 0) is 33.7 Å². The van der Waals surface area contributed by atoms with Crippen LogP contribution in [-0.4, -0.2) is 30.8 Å². The van der Waals surface area contributed by atoms with Gasteiger partial charge in [0.25, 0.3) is 5.97 Å². The average Bonchev–Trinajstić information content (AvgIpc) is 1.99. The summed E-state index contributed by atoms with van der Waals surface area (Å²) in [5, 5.41) is 2.24. The molecular weight excluding hydrogens is 251 g/mol. The Bertz CT molecular complexity index is 225. The van der Waals surface area contributed by atoms with Crippen LogP contribution in [0.15, 0.2) is 0 Å². The number of hydrogen-bond acceptors (Lipinski definition) is 4. The molecule has 0 aromatic heterocycles.